The fourth-order valence-electron chi connectivity index (χ4n) is 1.86. The van der Waals surface area contributed by atoms with Crippen molar-refractivity contribution in [1.29, 1.82) is 0 Å². The molecule has 1 heterocycles. The fraction of sp³-hybridized carbons (Fsp3) is 1.00. The maximum Gasteiger partial charge on any atom is 0.423 e. The molecule has 0 bridgehead atoms. The van der Waals surface area contributed by atoms with Crippen molar-refractivity contribution in [2.75, 3.05) is 19.8 Å². The second-order valence-electron chi connectivity index (χ2n) is 4.17. The largest absolute Gasteiger partial charge is 0.423 e. The van der Waals surface area contributed by atoms with Crippen molar-refractivity contribution in [3.8, 4) is 0 Å². The minimum Gasteiger partial charge on any atom is -0.379 e. The minimum absolute atomic E-state index is 0.278. The highest BCUT2D eigenvalue weighted by Crippen LogP contribution is 2.37. The Labute approximate surface area is 106 Å². The van der Waals surface area contributed by atoms with E-state index in [1.165, 1.54) is 0 Å². The smallest absolute Gasteiger partial charge is 0.379 e. The molecular formula is C10H15F6NO2. The number of alkyl halides is 6. The molecule has 1 aliphatic rings. The Bertz CT molecular complexity index is 264. The van der Waals surface area contributed by atoms with Crippen LogP contribution in [0.5, 0.6) is 0 Å². The van der Waals surface area contributed by atoms with Crippen molar-refractivity contribution in [1.82, 2.24) is 5.32 Å². The molecule has 0 saturated carbocycles. The molecule has 1 rings (SSSR count). The van der Waals surface area contributed by atoms with Crippen molar-refractivity contribution in [2.24, 2.45) is 0 Å². The molecule has 2 atom stereocenters. The third-order valence-electron chi connectivity index (χ3n) is 2.68. The van der Waals surface area contributed by atoms with E-state index < -0.39 is 30.6 Å². The Morgan fingerprint density at radius 1 is 1.21 bits per heavy atom. The summed E-state index contributed by atoms with van der Waals surface area (Å²) in [5.41, 5.74) is 0. The Balaban J connectivity index is 2.76. The molecule has 1 fully saturated rings. The number of ether oxygens (including phenoxy) is 2. The van der Waals surface area contributed by atoms with Crippen molar-refractivity contribution in [2.45, 2.75) is 43.9 Å². The second-order valence-corrected chi connectivity index (χ2v) is 4.17. The molecular weight excluding hydrogens is 280 g/mol. The van der Waals surface area contributed by atoms with Gasteiger partial charge >= 0.3 is 12.4 Å². The van der Waals surface area contributed by atoms with Gasteiger partial charge in [-0.25, -0.2) is 0 Å². The van der Waals surface area contributed by atoms with Crippen molar-refractivity contribution >= 4 is 0 Å². The van der Waals surface area contributed by atoms with Crippen LogP contribution < -0.4 is 5.32 Å². The van der Waals surface area contributed by atoms with Gasteiger partial charge in [0.05, 0.1) is 12.7 Å². The highest BCUT2D eigenvalue weighted by Gasteiger charge is 2.59. The molecule has 114 valence electrons. The molecule has 1 N–H and O–H groups in total. The summed E-state index contributed by atoms with van der Waals surface area (Å²) in [5.74, 6) is 0. The van der Waals surface area contributed by atoms with Gasteiger partial charge in [-0.05, 0) is 13.0 Å². The molecule has 9 heteroatoms. The second kappa shape index (κ2) is 6.27. The van der Waals surface area contributed by atoms with Crippen molar-refractivity contribution in [3.05, 3.63) is 0 Å². The number of nitrogens with one attached hydrogen (secondary N) is 1. The predicted octanol–water partition coefficient (Wildman–Crippen LogP) is 2.26. The summed E-state index contributed by atoms with van der Waals surface area (Å²) in [6.07, 6.45) is -15.7. The van der Waals surface area contributed by atoms with E-state index in [-0.39, 0.29) is 13.2 Å². The zero-order valence-corrected chi connectivity index (χ0v) is 10.1. The van der Waals surface area contributed by atoms with E-state index in [0.717, 1.165) is 0 Å². The summed E-state index contributed by atoms with van der Waals surface area (Å²) in [5, 5.41) is 2.80. The van der Waals surface area contributed by atoms with E-state index in [1.807, 2.05) is 0 Å². The fourth-order valence-corrected chi connectivity index (χ4v) is 1.86. The van der Waals surface area contributed by atoms with Gasteiger partial charge in [0.25, 0.3) is 0 Å². The lowest BCUT2D eigenvalue weighted by Gasteiger charge is -2.35. The molecule has 1 aliphatic heterocycles. The summed E-state index contributed by atoms with van der Waals surface area (Å²) in [6.45, 7) is 2.12. The van der Waals surface area contributed by atoms with E-state index in [2.05, 4.69) is 10.1 Å². The van der Waals surface area contributed by atoms with Crippen LogP contribution in [0, 0.1) is 0 Å². The minimum atomic E-state index is -5.49. The van der Waals surface area contributed by atoms with Gasteiger partial charge in [0.1, 0.15) is 0 Å². The summed E-state index contributed by atoms with van der Waals surface area (Å²) in [4.78, 5) is 0. The van der Waals surface area contributed by atoms with Gasteiger partial charge in [-0.3, -0.25) is 0 Å². The molecule has 0 aliphatic carbocycles. The quantitative estimate of drug-likeness (QED) is 0.807. The molecule has 0 aromatic carbocycles. The van der Waals surface area contributed by atoms with Gasteiger partial charge < -0.3 is 14.8 Å². The number of hydrogen-bond acceptors (Lipinski definition) is 3. The van der Waals surface area contributed by atoms with Gasteiger partial charge in [-0.15, -0.1) is 0 Å². The Kier molecular flexibility index (Phi) is 5.45. The number of hydrogen-bond donors (Lipinski definition) is 1. The molecule has 1 saturated heterocycles. The van der Waals surface area contributed by atoms with Crippen LogP contribution in [0.2, 0.25) is 0 Å². The van der Waals surface area contributed by atoms with Gasteiger partial charge in [0, 0.05) is 12.6 Å². The summed E-state index contributed by atoms with van der Waals surface area (Å²) in [6, 6.07) is -0.578. The first-order valence-electron chi connectivity index (χ1n) is 5.76. The van der Waals surface area contributed by atoms with Gasteiger partial charge in [-0.2, -0.15) is 26.3 Å². The van der Waals surface area contributed by atoms with Crippen LogP contribution in [0.1, 0.15) is 13.3 Å². The van der Waals surface area contributed by atoms with Crippen LogP contribution in [-0.4, -0.2) is 50.4 Å². The SMILES string of the molecule is CCNC1CCOCC1OC(C(F)(F)F)C(F)(F)F. The first-order chi connectivity index (χ1) is 8.66. The first kappa shape index (κ1) is 16.5. The number of rotatable bonds is 4. The molecule has 0 aromatic rings. The molecule has 19 heavy (non-hydrogen) atoms. The van der Waals surface area contributed by atoms with E-state index >= 15 is 0 Å². The maximum absolute atomic E-state index is 12.4. The third-order valence-corrected chi connectivity index (χ3v) is 2.68. The molecule has 0 radical (unpaired) electrons. The van der Waals surface area contributed by atoms with Crippen molar-refractivity contribution in [3.63, 3.8) is 0 Å². The number of likely N-dealkylation sites (N-methyl/N-ethyl adjacent to an activating group) is 1. The van der Waals surface area contributed by atoms with Gasteiger partial charge in [0.2, 0.25) is 6.10 Å². The predicted molar refractivity (Wildman–Crippen MR) is 53.7 cm³/mol. The lowest BCUT2D eigenvalue weighted by Crippen LogP contribution is -2.54. The number of halogens is 6. The van der Waals surface area contributed by atoms with E-state index in [9.17, 15) is 26.3 Å². The first-order valence-corrected chi connectivity index (χ1v) is 5.76. The zero-order chi connectivity index (χ0) is 14.7. The highest BCUT2D eigenvalue weighted by molar-refractivity contribution is 4.85. The Morgan fingerprint density at radius 3 is 2.26 bits per heavy atom. The van der Waals surface area contributed by atoms with Gasteiger partial charge in [0.15, 0.2) is 0 Å². The van der Waals surface area contributed by atoms with E-state index in [0.29, 0.717) is 13.0 Å². The highest BCUT2D eigenvalue weighted by atomic mass is 19.4. The third kappa shape index (κ3) is 4.81. The standard InChI is InChI=1S/C10H15F6NO2/c1-2-17-6-3-4-18-5-7(6)19-8(9(11,12)13)10(14,15)16/h6-8,17H,2-5H2,1H3. The molecule has 3 nitrogen and oxygen atoms in total. The Hall–Kier alpha value is -0.540. The van der Waals surface area contributed by atoms with Gasteiger partial charge in [-0.1, -0.05) is 6.92 Å². The van der Waals surface area contributed by atoms with Crippen LogP contribution >= 0.6 is 0 Å². The molecule has 0 spiro atoms. The van der Waals surface area contributed by atoms with Crippen LogP contribution in [0.3, 0.4) is 0 Å². The lowest BCUT2D eigenvalue weighted by molar-refractivity contribution is -0.336. The summed E-state index contributed by atoms with van der Waals surface area (Å²) < 4.78 is 83.4. The normalized spacial score (nSPS) is 25.9. The van der Waals surface area contributed by atoms with Crippen LogP contribution in [0.25, 0.3) is 0 Å². The molecule has 2 unspecified atom stereocenters. The van der Waals surface area contributed by atoms with Crippen LogP contribution in [0.4, 0.5) is 26.3 Å². The zero-order valence-electron chi connectivity index (χ0n) is 10.1. The average molecular weight is 295 g/mol. The Morgan fingerprint density at radius 2 is 1.79 bits per heavy atom. The molecule has 0 aromatic heterocycles. The topological polar surface area (TPSA) is 30.5 Å². The summed E-state index contributed by atoms with van der Waals surface area (Å²) in [7, 11) is 0. The van der Waals surface area contributed by atoms with E-state index in [4.69, 9.17) is 4.74 Å². The lowest BCUT2D eigenvalue weighted by atomic mass is 10.1. The van der Waals surface area contributed by atoms with Crippen molar-refractivity contribution < 1.29 is 35.8 Å². The van der Waals surface area contributed by atoms with E-state index in [1.54, 1.807) is 6.92 Å². The monoisotopic (exact) mass is 295 g/mol. The van der Waals surface area contributed by atoms with Crippen LogP contribution in [-0.2, 0) is 9.47 Å². The average Bonchev–Trinajstić information content (AvgIpc) is 2.25. The van der Waals surface area contributed by atoms with Crippen LogP contribution in [0.15, 0.2) is 0 Å². The summed E-state index contributed by atoms with van der Waals surface area (Å²) >= 11 is 0. The molecule has 0 amide bonds. The maximum atomic E-state index is 12.4.